The van der Waals surface area contributed by atoms with E-state index in [1.165, 1.54) is 32.5 Å². The molecular weight excluding hydrogens is 770 g/mol. The number of amides is 4. The third kappa shape index (κ3) is 7.55. The minimum Gasteiger partial charge on any atom is -0.494 e. The van der Waals surface area contributed by atoms with E-state index in [4.69, 9.17) is 25.4 Å². The average Bonchev–Trinajstić information content (AvgIpc) is 3.45. The van der Waals surface area contributed by atoms with Gasteiger partial charge < -0.3 is 29.3 Å². The van der Waals surface area contributed by atoms with Crippen LogP contribution in [0, 0.1) is 5.82 Å². The Morgan fingerprint density at radius 3 is 2.41 bits per heavy atom. The second-order valence-electron chi connectivity index (χ2n) is 13.1. The van der Waals surface area contributed by atoms with Crippen LogP contribution in [0.15, 0.2) is 60.8 Å². The van der Waals surface area contributed by atoms with E-state index >= 15 is 4.39 Å². The molecule has 4 amide bonds. The number of nitrogens with one attached hydrogen (secondary N) is 3. The molecule has 1 unspecified atom stereocenters. The van der Waals surface area contributed by atoms with Crippen LogP contribution in [-0.2, 0) is 29.7 Å². The minimum atomic E-state index is -3.60. The maximum Gasteiger partial charge on any atom is 0.362 e. The smallest absolute Gasteiger partial charge is 0.362 e. The van der Waals surface area contributed by atoms with E-state index in [1.807, 2.05) is 18.2 Å². The van der Waals surface area contributed by atoms with Gasteiger partial charge in [-0.15, -0.1) is 0 Å². The van der Waals surface area contributed by atoms with Crippen LogP contribution in [-0.4, -0.2) is 96.9 Å². The summed E-state index contributed by atoms with van der Waals surface area (Å²) in [6.07, 6.45) is 1.40. The van der Waals surface area contributed by atoms with E-state index in [9.17, 15) is 23.7 Å². The van der Waals surface area contributed by atoms with E-state index in [0.29, 0.717) is 60.7 Å². The highest BCUT2D eigenvalue weighted by Crippen LogP contribution is 2.47. The van der Waals surface area contributed by atoms with Crippen LogP contribution in [0.25, 0.3) is 0 Å². The molecule has 3 aliphatic heterocycles. The Kier molecular flexibility index (Phi) is 11.1. The second-order valence-corrected chi connectivity index (χ2v) is 15.7. The highest BCUT2D eigenvalue weighted by atomic mass is 35.5. The second kappa shape index (κ2) is 16.0. The molecule has 0 aliphatic carbocycles. The largest absolute Gasteiger partial charge is 0.494 e. The van der Waals surface area contributed by atoms with Crippen molar-refractivity contribution in [2.75, 3.05) is 63.0 Å². The quantitative estimate of drug-likeness (QED) is 0.133. The molecule has 2 saturated heterocycles. The number of hydrogen-bond acceptors (Lipinski definition) is 14. The van der Waals surface area contributed by atoms with Gasteiger partial charge in [-0.05, 0) is 48.4 Å². The average molecular weight is 807 g/mol. The minimum absolute atomic E-state index is 0.0104. The molecule has 0 spiro atoms. The first kappa shape index (κ1) is 38.8. The molecule has 0 saturated carbocycles. The number of nitrogens with zero attached hydrogens (tertiary/aromatic N) is 5. The molecular formula is C37H37ClFN8O8P. The van der Waals surface area contributed by atoms with Crippen molar-refractivity contribution in [1.82, 2.24) is 25.1 Å². The molecule has 7 rings (SSSR count). The van der Waals surface area contributed by atoms with Crippen LogP contribution in [0.5, 0.6) is 5.75 Å². The Morgan fingerprint density at radius 2 is 1.70 bits per heavy atom. The van der Waals surface area contributed by atoms with Gasteiger partial charge in [0.2, 0.25) is 17.8 Å². The lowest BCUT2D eigenvalue weighted by molar-refractivity contribution is -0.136. The summed E-state index contributed by atoms with van der Waals surface area (Å²) in [5.74, 6) is -2.69. The van der Waals surface area contributed by atoms with Gasteiger partial charge in [0.25, 0.3) is 11.8 Å². The molecule has 3 aliphatic rings. The molecule has 4 aromatic rings. The van der Waals surface area contributed by atoms with Gasteiger partial charge in [-0.2, -0.15) is 4.98 Å². The van der Waals surface area contributed by atoms with E-state index in [-0.39, 0.29) is 40.8 Å². The maximum absolute atomic E-state index is 15.3. The molecule has 4 heterocycles. The van der Waals surface area contributed by atoms with Crippen molar-refractivity contribution in [3.05, 3.63) is 88.3 Å². The molecule has 3 aromatic carbocycles. The number of ether oxygens (including phenoxy) is 1. The van der Waals surface area contributed by atoms with Crippen LogP contribution in [0.1, 0.15) is 39.1 Å². The van der Waals surface area contributed by atoms with Gasteiger partial charge >= 0.3 is 7.60 Å². The van der Waals surface area contributed by atoms with Crippen molar-refractivity contribution in [1.29, 1.82) is 0 Å². The van der Waals surface area contributed by atoms with Crippen molar-refractivity contribution >= 4 is 77.0 Å². The van der Waals surface area contributed by atoms with Crippen molar-refractivity contribution in [2.45, 2.75) is 25.4 Å². The fourth-order valence-electron chi connectivity index (χ4n) is 6.95. The number of benzene rings is 3. The summed E-state index contributed by atoms with van der Waals surface area (Å²) < 4.78 is 44.6. The van der Waals surface area contributed by atoms with Gasteiger partial charge in [0.15, 0.2) is 5.82 Å². The molecule has 0 radical (unpaired) electrons. The Balaban J connectivity index is 0.996. The first-order valence-corrected chi connectivity index (χ1v) is 19.4. The number of imide groups is 2. The molecule has 16 nitrogen and oxygen atoms in total. The van der Waals surface area contributed by atoms with Crippen LogP contribution in [0.4, 0.5) is 33.2 Å². The monoisotopic (exact) mass is 806 g/mol. The van der Waals surface area contributed by atoms with Crippen LogP contribution >= 0.6 is 19.2 Å². The fraction of sp³-hybridized carbons (Fsp3) is 0.297. The number of fused-ring (bicyclic) bond motifs is 1. The van der Waals surface area contributed by atoms with E-state index < -0.39 is 43.1 Å². The van der Waals surface area contributed by atoms with Crippen molar-refractivity contribution in [2.24, 2.45) is 0 Å². The number of para-hydroxylation sites is 1. The van der Waals surface area contributed by atoms with E-state index in [2.05, 4.69) is 35.7 Å². The Labute approximate surface area is 325 Å². The summed E-state index contributed by atoms with van der Waals surface area (Å²) in [5.41, 5.74) is 2.01. The third-order valence-corrected chi connectivity index (χ3v) is 12.0. The summed E-state index contributed by atoms with van der Waals surface area (Å²) in [6, 6.07) is 14.1. The lowest BCUT2D eigenvalue weighted by atomic mass is 10.0. The number of carbonyl (C=O) groups is 4. The van der Waals surface area contributed by atoms with Gasteiger partial charge in [-0.1, -0.05) is 23.7 Å². The lowest BCUT2D eigenvalue weighted by Crippen LogP contribution is -2.54. The standard InChI is InChI=1S/C37H37ClFN8O8P/c1-53-29-18-22(8-9-26(29)42-37-40-19-24(38)33(44-37)41-27-6-4-5-7-30(27)56(52,54-2)55-3)46-14-12-45(13-15-46)20-21-16-23-32(25(39)17-21)36(51)47(35(23)50)28-10-11-31(48)43-34(28)49/h4-9,16-19,28H,10-15,20H2,1-3H3,(H,43,48,49)(H2,40,41,42,44). The predicted octanol–water partition coefficient (Wildman–Crippen LogP) is 4.60. The molecule has 2 fully saturated rings. The van der Waals surface area contributed by atoms with Crippen molar-refractivity contribution < 1.29 is 41.9 Å². The third-order valence-electron chi connectivity index (χ3n) is 9.81. The molecule has 1 atom stereocenters. The predicted molar refractivity (Wildman–Crippen MR) is 205 cm³/mol. The number of aromatic nitrogens is 2. The van der Waals surface area contributed by atoms with Crippen molar-refractivity contribution in [3.63, 3.8) is 0 Å². The Morgan fingerprint density at radius 1 is 0.946 bits per heavy atom. The molecule has 19 heteroatoms. The van der Waals surface area contributed by atoms with Gasteiger partial charge in [-0.25, -0.2) is 9.37 Å². The normalized spacial score (nSPS) is 17.6. The van der Waals surface area contributed by atoms with Crippen molar-refractivity contribution in [3.8, 4) is 5.75 Å². The summed E-state index contributed by atoms with van der Waals surface area (Å²) in [5, 5.41) is 8.95. The fourth-order valence-corrected chi connectivity index (χ4v) is 8.32. The number of rotatable bonds is 12. The first-order chi connectivity index (χ1) is 26.9. The lowest BCUT2D eigenvalue weighted by Gasteiger charge is -2.36. The molecule has 1 aromatic heterocycles. The summed E-state index contributed by atoms with van der Waals surface area (Å²) in [4.78, 5) is 64.3. The maximum atomic E-state index is 15.3. The number of anilines is 5. The van der Waals surface area contributed by atoms with E-state index in [1.54, 1.807) is 31.4 Å². The molecule has 56 heavy (non-hydrogen) atoms. The van der Waals surface area contributed by atoms with Gasteiger partial charge in [0.1, 0.15) is 22.6 Å². The number of methoxy groups -OCH3 is 1. The van der Waals surface area contributed by atoms with Gasteiger partial charge in [0.05, 0.1) is 41.1 Å². The van der Waals surface area contributed by atoms with E-state index in [0.717, 1.165) is 10.6 Å². The SMILES string of the molecule is COc1cc(N2CCN(Cc3cc(F)c4c(c3)C(=O)N(C3CCC(=O)NC3=O)C4=O)CC2)ccc1Nc1ncc(Cl)c(Nc2ccccc2P(=O)(OC)OC)n1. The molecule has 292 valence electrons. The zero-order valence-electron chi connectivity index (χ0n) is 30.5. The zero-order chi connectivity index (χ0) is 39.7. The Bertz CT molecular complexity index is 2280. The number of piperazine rings is 1. The van der Waals surface area contributed by atoms with Crippen LogP contribution in [0.3, 0.4) is 0 Å². The van der Waals surface area contributed by atoms with Crippen LogP contribution < -0.4 is 30.9 Å². The molecule has 3 N–H and O–H groups in total. The first-order valence-electron chi connectivity index (χ1n) is 17.5. The van der Waals surface area contributed by atoms with Crippen LogP contribution in [0.2, 0.25) is 5.02 Å². The highest BCUT2D eigenvalue weighted by molar-refractivity contribution is 7.62. The van der Waals surface area contributed by atoms with Gasteiger partial charge in [0, 0.05) is 65.1 Å². The number of piperidine rings is 1. The molecule has 0 bridgehead atoms. The summed E-state index contributed by atoms with van der Waals surface area (Å²) >= 11 is 6.44. The zero-order valence-corrected chi connectivity index (χ0v) is 32.2. The topological polar surface area (TPSA) is 185 Å². The number of carbonyl (C=O) groups excluding carboxylic acids is 4. The number of halogens is 2. The Hall–Kier alpha value is -5.45. The number of hydrogen-bond donors (Lipinski definition) is 3. The summed E-state index contributed by atoms with van der Waals surface area (Å²) in [6.45, 7) is 2.86. The summed E-state index contributed by atoms with van der Waals surface area (Å²) in [7, 11) is 0.564. The van der Waals surface area contributed by atoms with Gasteiger partial charge in [-0.3, -0.25) is 38.9 Å². The highest BCUT2D eigenvalue weighted by Gasteiger charge is 2.46.